The zero-order valence-electron chi connectivity index (χ0n) is 11.5. The van der Waals surface area contributed by atoms with Crippen LogP contribution < -0.4 is 5.32 Å². The van der Waals surface area contributed by atoms with Gasteiger partial charge in [0.25, 0.3) is 0 Å². The number of hydrogen-bond donors (Lipinski definition) is 1. The van der Waals surface area contributed by atoms with E-state index in [1.807, 2.05) is 6.92 Å². The van der Waals surface area contributed by atoms with Gasteiger partial charge >= 0.3 is 0 Å². The number of hydrogen-bond acceptors (Lipinski definition) is 5. The van der Waals surface area contributed by atoms with Crippen molar-refractivity contribution in [2.24, 2.45) is 0 Å². The molecule has 1 aromatic heterocycles. The molecule has 0 saturated heterocycles. The van der Waals surface area contributed by atoms with Crippen molar-refractivity contribution in [3.63, 3.8) is 0 Å². The van der Waals surface area contributed by atoms with Crippen LogP contribution in [0, 0.1) is 6.92 Å². The maximum Gasteiger partial charge on any atom is 0.0782 e. The molecule has 102 valence electrons. The van der Waals surface area contributed by atoms with Gasteiger partial charge in [0.15, 0.2) is 0 Å². The Balaban J connectivity index is 2.14. The average molecular weight is 253 g/mol. The van der Waals surface area contributed by atoms with Gasteiger partial charge in [0.05, 0.1) is 24.6 Å². The molecule has 1 atom stereocenters. The molecule has 0 aliphatic rings. The molecule has 0 radical (unpaired) electrons. The number of aromatic nitrogens is 2. The summed E-state index contributed by atoms with van der Waals surface area (Å²) in [6.45, 7) is 7.06. The molecule has 0 fully saturated rings. The molecular weight excluding hydrogens is 230 g/mol. The van der Waals surface area contributed by atoms with Crippen molar-refractivity contribution in [3.05, 3.63) is 23.8 Å². The molecule has 0 aliphatic carbocycles. The highest BCUT2D eigenvalue weighted by Crippen LogP contribution is 2.11. The summed E-state index contributed by atoms with van der Waals surface area (Å²) >= 11 is 0. The molecular formula is C13H23N3O2. The van der Waals surface area contributed by atoms with Crippen LogP contribution in [0.2, 0.25) is 0 Å². The fourth-order valence-corrected chi connectivity index (χ4v) is 1.68. The summed E-state index contributed by atoms with van der Waals surface area (Å²) in [7, 11) is 1.68. The molecule has 18 heavy (non-hydrogen) atoms. The quantitative estimate of drug-likeness (QED) is 0.676. The van der Waals surface area contributed by atoms with Crippen LogP contribution in [0.25, 0.3) is 0 Å². The Morgan fingerprint density at radius 3 is 2.72 bits per heavy atom. The summed E-state index contributed by atoms with van der Waals surface area (Å²) in [5.41, 5.74) is 1.99. The van der Waals surface area contributed by atoms with Crippen LogP contribution in [0.4, 0.5) is 0 Å². The Labute approximate surface area is 109 Å². The summed E-state index contributed by atoms with van der Waals surface area (Å²) < 4.78 is 10.3. The maximum atomic E-state index is 5.39. The van der Waals surface area contributed by atoms with E-state index in [-0.39, 0.29) is 6.04 Å². The minimum absolute atomic E-state index is 0.220. The lowest BCUT2D eigenvalue weighted by atomic mass is 10.2. The van der Waals surface area contributed by atoms with Crippen LogP contribution in [0.5, 0.6) is 0 Å². The lowest BCUT2D eigenvalue weighted by Crippen LogP contribution is -2.23. The van der Waals surface area contributed by atoms with E-state index in [1.54, 1.807) is 19.5 Å². The number of nitrogens with one attached hydrogen (secondary N) is 1. The third-order valence-electron chi connectivity index (χ3n) is 2.68. The SMILES string of the molecule is COCCOCCCNC(C)c1nccnc1C. The van der Waals surface area contributed by atoms with Gasteiger partial charge in [-0.05, 0) is 26.8 Å². The Bertz CT molecular complexity index is 334. The van der Waals surface area contributed by atoms with Gasteiger partial charge in [-0.3, -0.25) is 9.97 Å². The largest absolute Gasteiger partial charge is 0.382 e. The van der Waals surface area contributed by atoms with Gasteiger partial charge in [0.1, 0.15) is 0 Å². The van der Waals surface area contributed by atoms with Gasteiger partial charge in [-0.2, -0.15) is 0 Å². The molecule has 0 saturated carbocycles. The monoisotopic (exact) mass is 253 g/mol. The number of ether oxygens (including phenoxy) is 2. The molecule has 0 amide bonds. The van der Waals surface area contributed by atoms with E-state index in [0.717, 1.165) is 31.0 Å². The maximum absolute atomic E-state index is 5.39. The molecule has 1 aromatic rings. The first kappa shape index (κ1) is 15.0. The van der Waals surface area contributed by atoms with Crippen molar-refractivity contribution in [3.8, 4) is 0 Å². The molecule has 5 nitrogen and oxygen atoms in total. The normalized spacial score (nSPS) is 12.6. The van der Waals surface area contributed by atoms with E-state index >= 15 is 0 Å². The van der Waals surface area contributed by atoms with E-state index in [1.165, 1.54) is 0 Å². The molecule has 0 aromatic carbocycles. The fraction of sp³-hybridized carbons (Fsp3) is 0.692. The summed E-state index contributed by atoms with van der Waals surface area (Å²) in [4.78, 5) is 8.58. The molecule has 1 rings (SSSR count). The number of aryl methyl sites for hydroxylation is 1. The topological polar surface area (TPSA) is 56.3 Å². The molecule has 1 heterocycles. The van der Waals surface area contributed by atoms with E-state index in [0.29, 0.717) is 13.2 Å². The third-order valence-corrected chi connectivity index (χ3v) is 2.68. The Kier molecular flexibility index (Phi) is 7.48. The number of rotatable bonds is 9. The van der Waals surface area contributed by atoms with Crippen LogP contribution in [0.3, 0.4) is 0 Å². The standard InChI is InChI=1S/C13H23N3O2/c1-11(13-12(2)15-6-7-16-13)14-5-4-8-18-10-9-17-3/h6-7,11,14H,4-5,8-10H2,1-3H3. The van der Waals surface area contributed by atoms with Crippen LogP contribution >= 0.6 is 0 Å². The molecule has 1 unspecified atom stereocenters. The van der Waals surface area contributed by atoms with E-state index in [4.69, 9.17) is 9.47 Å². The summed E-state index contributed by atoms with van der Waals surface area (Å²) in [6.07, 6.45) is 4.43. The van der Waals surface area contributed by atoms with Crippen LogP contribution in [0.1, 0.15) is 30.8 Å². The Morgan fingerprint density at radius 1 is 1.22 bits per heavy atom. The summed E-state index contributed by atoms with van der Waals surface area (Å²) in [6, 6.07) is 0.220. The first-order valence-corrected chi connectivity index (χ1v) is 6.33. The Morgan fingerprint density at radius 2 is 2.00 bits per heavy atom. The summed E-state index contributed by atoms with van der Waals surface area (Å²) in [5, 5.41) is 3.42. The van der Waals surface area contributed by atoms with Gasteiger partial charge in [0, 0.05) is 32.2 Å². The highest BCUT2D eigenvalue weighted by Gasteiger charge is 2.08. The average Bonchev–Trinajstić information content (AvgIpc) is 2.38. The lowest BCUT2D eigenvalue weighted by Gasteiger charge is -2.14. The summed E-state index contributed by atoms with van der Waals surface area (Å²) in [5.74, 6) is 0. The smallest absolute Gasteiger partial charge is 0.0782 e. The first-order valence-electron chi connectivity index (χ1n) is 6.33. The highest BCUT2D eigenvalue weighted by atomic mass is 16.5. The molecule has 0 aliphatic heterocycles. The van der Waals surface area contributed by atoms with E-state index in [9.17, 15) is 0 Å². The van der Waals surface area contributed by atoms with E-state index in [2.05, 4.69) is 22.2 Å². The van der Waals surface area contributed by atoms with Crippen molar-refractivity contribution in [2.75, 3.05) is 33.5 Å². The zero-order valence-corrected chi connectivity index (χ0v) is 11.5. The minimum atomic E-state index is 0.220. The fourth-order valence-electron chi connectivity index (χ4n) is 1.68. The second-order valence-electron chi connectivity index (χ2n) is 4.16. The van der Waals surface area contributed by atoms with Gasteiger partial charge < -0.3 is 14.8 Å². The predicted molar refractivity (Wildman–Crippen MR) is 70.5 cm³/mol. The minimum Gasteiger partial charge on any atom is -0.382 e. The zero-order chi connectivity index (χ0) is 13.2. The van der Waals surface area contributed by atoms with Crippen molar-refractivity contribution in [1.82, 2.24) is 15.3 Å². The molecule has 1 N–H and O–H groups in total. The molecule has 5 heteroatoms. The highest BCUT2D eigenvalue weighted by molar-refractivity contribution is 5.12. The van der Waals surface area contributed by atoms with Crippen molar-refractivity contribution >= 4 is 0 Å². The van der Waals surface area contributed by atoms with Gasteiger partial charge in [-0.15, -0.1) is 0 Å². The van der Waals surface area contributed by atoms with Gasteiger partial charge in [-0.1, -0.05) is 0 Å². The third kappa shape index (κ3) is 5.53. The van der Waals surface area contributed by atoms with Gasteiger partial charge in [-0.25, -0.2) is 0 Å². The van der Waals surface area contributed by atoms with E-state index < -0.39 is 0 Å². The predicted octanol–water partition coefficient (Wildman–Crippen LogP) is 1.49. The number of nitrogens with zero attached hydrogens (tertiary/aromatic N) is 2. The van der Waals surface area contributed by atoms with Crippen molar-refractivity contribution in [1.29, 1.82) is 0 Å². The molecule has 0 spiro atoms. The van der Waals surface area contributed by atoms with Crippen LogP contribution in [-0.4, -0.2) is 43.4 Å². The van der Waals surface area contributed by atoms with Crippen molar-refractivity contribution < 1.29 is 9.47 Å². The second kappa shape index (κ2) is 8.97. The number of methoxy groups -OCH3 is 1. The first-order chi connectivity index (χ1) is 8.75. The lowest BCUT2D eigenvalue weighted by molar-refractivity contribution is 0.0693. The molecule has 0 bridgehead atoms. The van der Waals surface area contributed by atoms with Crippen LogP contribution in [0.15, 0.2) is 12.4 Å². The van der Waals surface area contributed by atoms with Crippen molar-refractivity contribution in [2.45, 2.75) is 26.3 Å². The van der Waals surface area contributed by atoms with Crippen LogP contribution in [-0.2, 0) is 9.47 Å². The van der Waals surface area contributed by atoms with Gasteiger partial charge in [0.2, 0.25) is 0 Å². The Hall–Kier alpha value is -1.04. The second-order valence-corrected chi connectivity index (χ2v) is 4.16.